The first-order valence-electron chi connectivity index (χ1n) is 48.2. The Kier molecular flexibility index (Phi) is 22.1. The summed E-state index contributed by atoms with van der Waals surface area (Å²) in [6.07, 6.45) is 0. The van der Waals surface area contributed by atoms with Gasteiger partial charge in [-0.1, -0.05) is 463 Å². The first-order chi connectivity index (χ1) is 67.9. The van der Waals surface area contributed by atoms with Crippen molar-refractivity contribution < 1.29 is 0 Å². The molecule has 0 aliphatic heterocycles. The molecular formula is C135H103N3. The number of hydrogen-bond donors (Lipinski definition) is 0. The van der Waals surface area contributed by atoms with E-state index in [-0.39, 0.29) is 21.7 Å². The molecule has 658 valence electrons. The molecule has 21 aromatic carbocycles. The van der Waals surface area contributed by atoms with Gasteiger partial charge in [-0.2, -0.15) is 0 Å². The lowest BCUT2D eigenvalue weighted by Gasteiger charge is -2.31. The van der Waals surface area contributed by atoms with E-state index in [1.54, 1.807) is 0 Å². The van der Waals surface area contributed by atoms with Gasteiger partial charge >= 0.3 is 0 Å². The molecule has 0 aromatic heterocycles. The lowest BCUT2D eigenvalue weighted by atomic mass is 9.74. The van der Waals surface area contributed by atoms with Gasteiger partial charge in [0.25, 0.3) is 0 Å². The van der Waals surface area contributed by atoms with Gasteiger partial charge in [0.15, 0.2) is 0 Å². The van der Waals surface area contributed by atoms with Crippen LogP contribution in [0.3, 0.4) is 0 Å². The van der Waals surface area contributed by atoms with E-state index in [4.69, 9.17) is 0 Å². The SMILES string of the molecule is CC1(C)c2ccccc2-c2ccc(N(c3ccc(-c4ccccc4)cc3)c3cccc4c3-c3ccccc3C4(C)c3ccccc3)cc21.CC1(c2ccccc2)c2ccccc2-c2c(N(c3ccc(-c4ccccc4)cc3)c3cccc(-c4ccccc4)c3)cccc21.CC1(c2ccccc2)c2ccccc2-c2c(N(c3ccc(-c4ccccc4)cc3)c3ccccc3-c3ccccc3)cccc21. The van der Waals surface area contributed by atoms with Gasteiger partial charge in [-0.25, -0.2) is 0 Å². The summed E-state index contributed by atoms with van der Waals surface area (Å²) in [5.41, 5.74) is 46.7. The molecule has 0 fully saturated rings. The molecule has 25 rings (SSSR count). The molecular weight excluding hydrogens is 1660 g/mol. The van der Waals surface area contributed by atoms with Crippen LogP contribution in [0.1, 0.15) is 95.8 Å². The average Bonchev–Trinajstić information content (AvgIpc) is 1.55. The summed E-state index contributed by atoms with van der Waals surface area (Å²) in [5, 5.41) is 0. The van der Waals surface area contributed by atoms with E-state index in [9.17, 15) is 0 Å². The number of hydrogen-bond acceptors (Lipinski definition) is 3. The Hall–Kier alpha value is -17.0. The summed E-state index contributed by atoms with van der Waals surface area (Å²) in [4.78, 5) is 7.39. The molecule has 0 radical (unpaired) electrons. The van der Waals surface area contributed by atoms with Crippen molar-refractivity contribution in [2.24, 2.45) is 0 Å². The fraction of sp³-hybridized carbons (Fsp3) is 0.0667. The van der Waals surface area contributed by atoms with Crippen molar-refractivity contribution in [1.82, 2.24) is 0 Å². The molecule has 0 saturated carbocycles. The van der Waals surface area contributed by atoms with Crippen LogP contribution in [-0.4, -0.2) is 0 Å². The number of nitrogens with zero attached hydrogens (tertiary/aromatic N) is 3. The molecule has 0 saturated heterocycles. The molecule has 0 spiro atoms. The smallest absolute Gasteiger partial charge is 0.0543 e. The quantitative estimate of drug-likeness (QED) is 0.0900. The average molecular weight is 1770 g/mol. The van der Waals surface area contributed by atoms with Gasteiger partial charge in [0.2, 0.25) is 0 Å². The maximum Gasteiger partial charge on any atom is 0.0543 e. The minimum absolute atomic E-state index is 0.0953. The van der Waals surface area contributed by atoms with E-state index >= 15 is 0 Å². The van der Waals surface area contributed by atoms with Gasteiger partial charge in [-0.3, -0.25) is 0 Å². The van der Waals surface area contributed by atoms with Crippen LogP contribution < -0.4 is 14.7 Å². The molecule has 138 heavy (non-hydrogen) atoms. The number of benzene rings is 21. The van der Waals surface area contributed by atoms with Crippen molar-refractivity contribution >= 4 is 51.2 Å². The zero-order valence-corrected chi connectivity index (χ0v) is 78.1. The topological polar surface area (TPSA) is 9.72 Å². The zero-order chi connectivity index (χ0) is 92.9. The molecule has 21 aromatic rings. The highest BCUT2D eigenvalue weighted by molar-refractivity contribution is 6.02. The van der Waals surface area contributed by atoms with E-state index < -0.39 is 0 Å². The van der Waals surface area contributed by atoms with E-state index in [1.807, 2.05) is 0 Å². The second-order valence-electron chi connectivity index (χ2n) is 37.7. The van der Waals surface area contributed by atoms with Crippen molar-refractivity contribution in [3.63, 3.8) is 0 Å². The number of para-hydroxylation sites is 1. The molecule has 3 unspecified atom stereocenters. The van der Waals surface area contributed by atoms with Gasteiger partial charge in [0, 0.05) is 72.4 Å². The first kappa shape index (κ1) is 85.2. The fourth-order valence-electron chi connectivity index (χ4n) is 22.8. The monoisotopic (exact) mass is 1770 g/mol. The third-order valence-electron chi connectivity index (χ3n) is 29.7. The predicted octanol–water partition coefficient (Wildman–Crippen LogP) is 36.1. The minimum Gasteiger partial charge on any atom is -0.310 e. The molecule has 4 aliphatic carbocycles. The second-order valence-corrected chi connectivity index (χ2v) is 37.7. The molecule has 3 heteroatoms. The highest BCUT2D eigenvalue weighted by Gasteiger charge is 2.47. The summed E-state index contributed by atoms with van der Waals surface area (Å²) in [5.74, 6) is 0. The number of fused-ring (bicyclic) bond motifs is 12. The summed E-state index contributed by atoms with van der Waals surface area (Å²) >= 11 is 0. The van der Waals surface area contributed by atoms with E-state index in [0.29, 0.717) is 0 Å². The Morgan fingerprint density at radius 2 is 0.384 bits per heavy atom. The molecule has 0 amide bonds. The van der Waals surface area contributed by atoms with Crippen LogP contribution in [0.25, 0.3) is 100 Å². The number of rotatable bonds is 17. The summed E-state index contributed by atoms with van der Waals surface area (Å²) in [6.45, 7) is 11.9. The third kappa shape index (κ3) is 14.8. The second kappa shape index (κ2) is 35.8. The Labute approximate surface area is 811 Å². The molecule has 3 atom stereocenters. The van der Waals surface area contributed by atoms with Gasteiger partial charge in [0.1, 0.15) is 0 Å². The minimum atomic E-state index is -0.273. The molecule has 4 aliphatic rings. The molecule has 0 heterocycles. The van der Waals surface area contributed by atoms with Crippen molar-refractivity contribution in [1.29, 1.82) is 0 Å². The molecule has 0 bridgehead atoms. The van der Waals surface area contributed by atoms with Gasteiger partial charge < -0.3 is 14.7 Å². The third-order valence-corrected chi connectivity index (χ3v) is 29.7. The van der Waals surface area contributed by atoms with Crippen LogP contribution in [0.2, 0.25) is 0 Å². The Bertz CT molecular complexity index is 8020. The maximum absolute atomic E-state index is 2.49. The van der Waals surface area contributed by atoms with Crippen molar-refractivity contribution in [3.05, 3.63) is 595 Å². The van der Waals surface area contributed by atoms with Crippen LogP contribution >= 0.6 is 0 Å². The van der Waals surface area contributed by atoms with E-state index in [1.165, 1.54) is 184 Å². The summed E-state index contributed by atoms with van der Waals surface area (Å²) in [6, 6.07) is 194. The standard InChI is InChI=1S/C47H37N.2C44H33N/c1-46(2)40-21-12-10-19-37(40)38-30-29-36(31-43(38)46)48(35-27-25-33(26-28-35)32-15-6-4-7-16-32)44-24-14-23-42-45(44)39-20-11-13-22-41(39)47(42,3)34-17-8-5-9-18-34;1-44(35-20-9-4-10-21-35)39-24-13-11-23-38(39)43-40(44)25-15-27-42(43)45(36-30-28-33(29-31-36)32-16-5-2-6-17-32)41-26-14-12-22-37(41)34-18-7-3-8-19-34;1-44(36-20-9-4-10-21-36)40-24-12-11-23-39(40)43-41(44)25-14-26-42(43)45(37-29-27-34(28-30-37)32-15-5-2-6-16-32)38-22-13-19-35(31-38)33-17-7-3-8-18-33/h4-31H,1-3H3;2*2-31H,1H3. The van der Waals surface area contributed by atoms with Crippen molar-refractivity contribution in [2.45, 2.75) is 56.3 Å². The Balaban J connectivity index is 0.000000116. The Morgan fingerprint density at radius 1 is 0.138 bits per heavy atom. The van der Waals surface area contributed by atoms with Gasteiger partial charge in [-0.05, 0) is 245 Å². The van der Waals surface area contributed by atoms with E-state index in [2.05, 4.69) is 583 Å². The lowest BCUT2D eigenvalue weighted by Crippen LogP contribution is -2.22. The zero-order valence-electron chi connectivity index (χ0n) is 78.1. The predicted molar refractivity (Wildman–Crippen MR) is 580 cm³/mol. The molecule has 0 N–H and O–H groups in total. The summed E-state index contributed by atoms with van der Waals surface area (Å²) < 4.78 is 0. The van der Waals surface area contributed by atoms with Crippen LogP contribution in [-0.2, 0) is 21.7 Å². The number of anilines is 9. The van der Waals surface area contributed by atoms with Crippen LogP contribution in [0, 0.1) is 0 Å². The van der Waals surface area contributed by atoms with Crippen LogP contribution in [0.5, 0.6) is 0 Å². The van der Waals surface area contributed by atoms with Crippen LogP contribution in [0.4, 0.5) is 51.2 Å². The van der Waals surface area contributed by atoms with Gasteiger partial charge in [0.05, 0.1) is 22.7 Å². The highest BCUT2D eigenvalue weighted by atomic mass is 15.2. The Morgan fingerprint density at radius 3 is 0.768 bits per heavy atom. The van der Waals surface area contributed by atoms with Crippen molar-refractivity contribution in [3.8, 4) is 100 Å². The normalized spacial score (nSPS) is 15.4. The van der Waals surface area contributed by atoms with Gasteiger partial charge in [-0.15, -0.1) is 0 Å². The largest absolute Gasteiger partial charge is 0.310 e. The van der Waals surface area contributed by atoms with Crippen LogP contribution in [0.15, 0.2) is 534 Å². The first-order valence-corrected chi connectivity index (χ1v) is 48.2. The summed E-state index contributed by atoms with van der Waals surface area (Å²) in [7, 11) is 0. The highest BCUT2D eigenvalue weighted by Crippen LogP contribution is 2.62. The van der Waals surface area contributed by atoms with Crippen molar-refractivity contribution in [2.75, 3.05) is 14.7 Å². The maximum atomic E-state index is 2.49. The fourth-order valence-corrected chi connectivity index (χ4v) is 22.8. The lowest BCUT2D eigenvalue weighted by molar-refractivity contribution is 0.660. The van der Waals surface area contributed by atoms with E-state index in [0.717, 1.165) is 28.4 Å². The molecule has 3 nitrogen and oxygen atoms in total.